The molecule has 6 heteroatoms. The van der Waals surface area contributed by atoms with E-state index < -0.39 is 0 Å². The zero-order valence-corrected chi connectivity index (χ0v) is 26.7. The van der Waals surface area contributed by atoms with Crippen LogP contribution in [-0.2, 0) is 9.47 Å². The summed E-state index contributed by atoms with van der Waals surface area (Å²) in [6.45, 7) is 20.3. The van der Waals surface area contributed by atoms with Crippen molar-refractivity contribution in [1.29, 1.82) is 0 Å². The van der Waals surface area contributed by atoms with Gasteiger partial charge in [-0.15, -0.1) is 0 Å². The van der Waals surface area contributed by atoms with E-state index in [-0.39, 0.29) is 11.5 Å². The highest BCUT2D eigenvalue weighted by Crippen LogP contribution is 2.37. The lowest BCUT2D eigenvalue weighted by Crippen LogP contribution is -2.43. The van der Waals surface area contributed by atoms with Gasteiger partial charge in [-0.1, -0.05) is 75.9 Å². The number of hydrogen-bond acceptors (Lipinski definition) is 6. The molecule has 0 radical (unpaired) electrons. The second kappa shape index (κ2) is 15.0. The highest BCUT2D eigenvalue weighted by atomic mass is 16.5. The van der Waals surface area contributed by atoms with Gasteiger partial charge in [0, 0.05) is 33.9 Å². The fourth-order valence-corrected chi connectivity index (χ4v) is 4.84. The average molecular weight is 580 g/mol. The Bertz CT molecular complexity index is 1570. The maximum absolute atomic E-state index is 6.47. The van der Waals surface area contributed by atoms with E-state index in [1.54, 1.807) is 20.4 Å². The summed E-state index contributed by atoms with van der Waals surface area (Å²) in [6.07, 6.45) is 7.60. The van der Waals surface area contributed by atoms with E-state index >= 15 is 0 Å². The first-order valence-corrected chi connectivity index (χ1v) is 14.4. The summed E-state index contributed by atoms with van der Waals surface area (Å²) in [7, 11) is 3.28. The third-order valence-electron chi connectivity index (χ3n) is 6.94. The molecule has 0 saturated carbocycles. The van der Waals surface area contributed by atoms with Crippen molar-refractivity contribution in [2.24, 2.45) is 10.4 Å². The van der Waals surface area contributed by atoms with Crippen molar-refractivity contribution < 1.29 is 14.2 Å². The summed E-state index contributed by atoms with van der Waals surface area (Å²) in [4.78, 5) is 4.44. The minimum atomic E-state index is -0.217. The number of nitrogens with one attached hydrogen (secondary N) is 2. The van der Waals surface area contributed by atoms with Crippen LogP contribution in [0.1, 0.15) is 47.1 Å². The van der Waals surface area contributed by atoms with Crippen molar-refractivity contribution >= 4 is 28.2 Å². The van der Waals surface area contributed by atoms with Gasteiger partial charge >= 0.3 is 0 Å². The number of rotatable bonds is 13. The topological polar surface area (TPSA) is 64.1 Å². The van der Waals surface area contributed by atoms with Gasteiger partial charge < -0.3 is 24.8 Å². The lowest BCUT2D eigenvalue weighted by molar-refractivity contribution is 0.163. The lowest BCUT2D eigenvalue weighted by atomic mass is 9.84. The molecule has 226 valence electrons. The van der Waals surface area contributed by atoms with Crippen molar-refractivity contribution in [3.63, 3.8) is 0 Å². The predicted molar refractivity (Wildman–Crippen MR) is 182 cm³/mol. The molecule has 0 bridgehead atoms. The molecule has 0 saturated heterocycles. The molecule has 0 spiro atoms. The van der Waals surface area contributed by atoms with Crippen molar-refractivity contribution in [2.45, 2.75) is 47.6 Å². The molecule has 43 heavy (non-hydrogen) atoms. The molecule has 3 aromatic rings. The van der Waals surface area contributed by atoms with Gasteiger partial charge in [-0.25, -0.2) is 0 Å². The van der Waals surface area contributed by atoms with E-state index in [0.29, 0.717) is 5.88 Å². The van der Waals surface area contributed by atoms with Gasteiger partial charge in [0.1, 0.15) is 17.3 Å². The van der Waals surface area contributed by atoms with Crippen molar-refractivity contribution in [3.05, 3.63) is 121 Å². The molecule has 0 fully saturated rings. The summed E-state index contributed by atoms with van der Waals surface area (Å²) in [5, 5.41) is 8.99. The molecule has 0 heterocycles. The van der Waals surface area contributed by atoms with Crippen LogP contribution in [0.25, 0.3) is 16.3 Å². The van der Waals surface area contributed by atoms with E-state index in [9.17, 15) is 0 Å². The van der Waals surface area contributed by atoms with Crippen LogP contribution in [-0.4, -0.2) is 26.5 Å². The Morgan fingerprint density at radius 1 is 0.953 bits per heavy atom. The number of hydrogen-bond donors (Lipinski definition) is 2. The van der Waals surface area contributed by atoms with Crippen LogP contribution in [0.3, 0.4) is 0 Å². The molecular weight excluding hydrogens is 534 g/mol. The van der Waals surface area contributed by atoms with Gasteiger partial charge in [0.25, 0.3) is 0 Å². The molecule has 6 nitrogen and oxygen atoms in total. The van der Waals surface area contributed by atoms with Gasteiger partial charge in [0.05, 0.1) is 26.0 Å². The number of ether oxygens (including phenoxy) is 3. The molecule has 3 rings (SSSR count). The van der Waals surface area contributed by atoms with Crippen LogP contribution >= 0.6 is 0 Å². The van der Waals surface area contributed by atoms with E-state index in [1.807, 2.05) is 87.5 Å². The first-order valence-electron chi connectivity index (χ1n) is 14.4. The first-order chi connectivity index (χ1) is 20.6. The van der Waals surface area contributed by atoms with Crippen molar-refractivity contribution in [2.75, 3.05) is 19.5 Å². The van der Waals surface area contributed by atoms with E-state index in [2.05, 4.69) is 61.7 Å². The number of fused-ring (bicyclic) bond motifs is 1. The van der Waals surface area contributed by atoms with Crippen LogP contribution in [0.4, 0.5) is 5.69 Å². The Kier molecular flexibility index (Phi) is 11.4. The second-order valence-corrected chi connectivity index (χ2v) is 11.1. The van der Waals surface area contributed by atoms with Gasteiger partial charge in [0.2, 0.25) is 0 Å². The Morgan fingerprint density at radius 2 is 1.67 bits per heavy atom. The molecule has 0 aliphatic carbocycles. The highest BCUT2D eigenvalue weighted by Gasteiger charge is 2.32. The van der Waals surface area contributed by atoms with Crippen LogP contribution < -0.4 is 15.4 Å². The summed E-state index contributed by atoms with van der Waals surface area (Å²) < 4.78 is 17.8. The highest BCUT2D eigenvalue weighted by molar-refractivity contribution is 5.98. The smallest absolute Gasteiger partial charge is 0.179 e. The Balaban J connectivity index is 2.08. The number of methoxy groups -OCH3 is 2. The Hall–Kier alpha value is -4.71. The maximum Gasteiger partial charge on any atom is 0.179 e. The van der Waals surface area contributed by atoms with Crippen LogP contribution in [0.5, 0.6) is 11.5 Å². The summed E-state index contributed by atoms with van der Waals surface area (Å²) in [6, 6.07) is 20.0. The summed E-state index contributed by atoms with van der Waals surface area (Å²) in [5.41, 5.74) is 4.38. The number of benzene rings is 3. The summed E-state index contributed by atoms with van der Waals surface area (Å²) in [5.74, 6) is 2.68. The zero-order valence-electron chi connectivity index (χ0n) is 26.7. The maximum atomic E-state index is 6.47. The fraction of sp³-hybridized carbons (Fsp3) is 0.270. The predicted octanol–water partition coefficient (Wildman–Crippen LogP) is 9.61. The molecule has 1 atom stereocenters. The van der Waals surface area contributed by atoms with E-state index in [1.165, 1.54) is 0 Å². The first kappa shape index (κ1) is 32.8. The van der Waals surface area contributed by atoms with Gasteiger partial charge in [0.15, 0.2) is 5.88 Å². The lowest BCUT2D eigenvalue weighted by Gasteiger charge is -2.34. The third kappa shape index (κ3) is 8.19. The van der Waals surface area contributed by atoms with Gasteiger partial charge in [-0.05, 0) is 68.7 Å². The van der Waals surface area contributed by atoms with Crippen LogP contribution in [0.15, 0.2) is 120 Å². The monoisotopic (exact) mass is 579 g/mol. The van der Waals surface area contributed by atoms with Gasteiger partial charge in [-0.3, -0.25) is 4.99 Å². The largest absolute Gasteiger partial charge is 0.497 e. The standard InChI is InChI=1S/C37H45N3O3/c1-11-17-33(35(42-10)36(37(6,7)8)39-26(5)41-9)40-32-22-23-34(31-21-15-14-20-30(31)32)43-28-19-16-18-27(24-28)29(12-2)25(4)38-13-3/h11-24,36,39-40H,2,5H2,1,3-4,6-10H3/b17-11-,29-25+,35-33-,38-13?. The van der Waals surface area contributed by atoms with Crippen LogP contribution in [0, 0.1) is 5.41 Å². The Morgan fingerprint density at radius 3 is 2.28 bits per heavy atom. The molecule has 0 amide bonds. The molecule has 3 aromatic carbocycles. The third-order valence-corrected chi connectivity index (χ3v) is 6.94. The SMILES string of the molecule is C=C/C(=C(/C)N=CC)c1cccc(Oc2ccc(NC(/C=C\C)=C(\OC)C(NC(=C)OC)C(C)(C)C)c3ccccc23)c1. The molecule has 0 aliphatic rings. The fourth-order valence-electron chi connectivity index (χ4n) is 4.84. The Labute approximate surface area is 257 Å². The number of nitrogens with zero attached hydrogens (tertiary/aromatic N) is 1. The second-order valence-electron chi connectivity index (χ2n) is 11.1. The number of anilines is 1. The van der Waals surface area contributed by atoms with Crippen LogP contribution in [0.2, 0.25) is 0 Å². The normalized spacial score (nSPS) is 13.8. The summed E-state index contributed by atoms with van der Waals surface area (Å²) >= 11 is 0. The average Bonchev–Trinajstić information content (AvgIpc) is 2.98. The van der Waals surface area contributed by atoms with E-state index in [0.717, 1.165) is 56.2 Å². The van der Waals surface area contributed by atoms with Crippen molar-refractivity contribution in [3.8, 4) is 11.5 Å². The number of allylic oxidation sites excluding steroid dienone is 5. The molecule has 0 aliphatic heterocycles. The van der Waals surface area contributed by atoms with Gasteiger partial charge in [-0.2, -0.15) is 0 Å². The zero-order chi connectivity index (χ0) is 31.6. The minimum Gasteiger partial charge on any atom is -0.497 e. The number of aliphatic imine (C=N–C) groups is 1. The molecular formula is C37H45N3O3. The minimum absolute atomic E-state index is 0.211. The molecule has 2 N–H and O–H groups in total. The molecule has 1 unspecified atom stereocenters. The van der Waals surface area contributed by atoms with E-state index in [4.69, 9.17) is 14.2 Å². The van der Waals surface area contributed by atoms with Crippen molar-refractivity contribution in [1.82, 2.24) is 5.32 Å². The quantitative estimate of drug-likeness (QED) is 0.120. The molecule has 0 aromatic heterocycles.